The Morgan fingerprint density at radius 1 is 1.54 bits per heavy atom. The molecule has 0 aliphatic heterocycles. The van der Waals surface area contributed by atoms with Gasteiger partial charge in [0.15, 0.2) is 0 Å². The lowest BCUT2D eigenvalue weighted by Crippen LogP contribution is -2.37. The summed E-state index contributed by atoms with van der Waals surface area (Å²) in [6, 6.07) is 0. The van der Waals surface area contributed by atoms with Crippen molar-refractivity contribution >= 4 is 5.97 Å². The van der Waals surface area contributed by atoms with Gasteiger partial charge in [-0.15, -0.1) is 0 Å². The van der Waals surface area contributed by atoms with Gasteiger partial charge in [-0.2, -0.15) is 0 Å². The van der Waals surface area contributed by atoms with Crippen LogP contribution in [0.2, 0.25) is 0 Å². The lowest BCUT2D eigenvalue weighted by molar-refractivity contribution is -0.132. The summed E-state index contributed by atoms with van der Waals surface area (Å²) in [6.45, 7) is 0.867. The van der Waals surface area contributed by atoms with E-state index in [0.717, 1.165) is 0 Å². The third-order valence-corrected chi connectivity index (χ3v) is 1.26. The van der Waals surface area contributed by atoms with Crippen LogP contribution in [-0.4, -0.2) is 41.8 Å². The van der Waals surface area contributed by atoms with E-state index in [4.69, 9.17) is 10.2 Å². The monoisotopic (exact) mass is 195 g/mol. The van der Waals surface area contributed by atoms with Crippen molar-refractivity contribution in [2.75, 3.05) is 19.7 Å². The van der Waals surface area contributed by atoms with Gasteiger partial charge in [0.25, 0.3) is 5.92 Å². The van der Waals surface area contributed by atoms with E-state index in [0.29, 0.717) is 0 Å². The standard InChI is InChI=1S/C7H11F2NO3/c1-5(6(12)13)2-10-3-7(8,9)4-11/h10-11H,1-4H2,(H,12,13). The number of alkyl halides is 2. The lowest BCUT2D eigenvalue weighted by atomic mass is 10.3. The minimum absolute atomic E-state index is 0.200. The zero-order chi connectivity index (χ0) is 10.5. The molecule has 0 radical (unpaired) electrons. The molecule has 0 atom stereocenters. The van der Waals surface area contributed by atoms with Crippen LogP contribution in [0.1, 0.15) is 0 Å². The lowest BCUT2D eigenvalue weighted by Gasteiger charge is -2.13. The Morgan fingerprint density at radius 3 is 2.46 bits per heavy atom. The molecule has 0 saturated heterocycles. The summed E-state index contributed by atoms with van der Waals surface area (Å²) in [6.07, 6.45) is 0. The molecular formula is C7H11F2NO3. The molecule has 0 saturated carbocycles. The molecule has 0 amide bonds. The number of aliphatic carboxylic acids is 1. The van der Waals surface area contributed by atoms with Crippen LogP contribution in [0.3, 0.4) is 0 Å². The first kappa shape index (κ1) is 12.0. The average molecular weight is 195 g/mol. The molecule has 0 aromatic carbocycles. The molecule has 3 N–H and O–H groups in total. The molecule has 6 heteroatoms. The van der Waals surface area contributed by atoms with E-state index in [9.17, 15) is 13.6 Å². The summed E-state index contributed by atoms with van der Waals surface area (Å²) in [5.41, 5.74) is -0.200. The molecule has 0 spiro atoms. The van der Waals surface area contributed by atoms with Gasteiger partial charge in [0, 0.05) is 12.1 Å². The Labute approximate surface area is 73.9 Å². The van der Waals surface area contributed by atoms with E-state index in [1.165, 1.54) is 0 Å². The summed E-state index contributed by atoms with van der Waals surface area (Å²) in [7, 11) is 0. The molecule has 13 heavy (non-hydrogen) atoms. The highest BCUT2D eigenvalue weighted by atomic mass is 19.3. The number of aliphatic hydroxyl groups excluding tert-OH is 1. The minimum atomic E-state index is -3.22. The first-order valence-electron chi connectivity index (χ1n) is 3.49. The van der Waals surface area contributed by atoms with Crippen molar-refractivity contribution in [2.24, 2.45) is 0 Å². The van der Waals surface area contributed by atoms with Crippen LogP contribution in [0.15, 0.2) is 12.2 Å². The fraction of sp³-hybridized carbons (Fsp3) is 0.571. The number of hydrogen-bond donors (Lipinski definition) is 3. The topological polar surface area (TPSA) is 69.6 Å². The van der Waals surface area contributed by atoms with Gasteiger partial charge < -0.3 is 15.5 Å². The fourth-order valence-corrected chi connectivity index (χ4v) is 0.528. The molecule has 4 nitrogen and oxygen atoms in total. The molecule has 0 rings (SSSR count). The van der Waals surface area contributed by atoms with Gasteiger partial charge in [0.2, 0.25) is 0 Å². The summed E-state index contributed by atoms with van der Waals surface area (Å²) < 4.78 is 24.6. The van der Waals surface area contributed by atoms with Crippen molar-refractivity contribution in [1.82, 2.24) is 5.32 Å². The van der Waals surface area contributed by atoms with Gasteiger partial charge in [-0.3, -0.25) is 0 Å². The molecule has 0 aromatic heterocycles. The van der Waals surface area contributed by atoms with E-state index in [1.807, 2.05) is 0 Å². The van der Waals surface area contributed by atoms with Gasteiger partial charge >= 0.3 is 5.97 Å². The van der Waals surface area contributed by atoms with E-state index < -0.39 is 25.0 Å². The van der Waals surface area contributed by atoms with E-state index in [2.05, 4.69) is 11.9 Å². The minimum Gasteiger partial charge on any atom is -0.478 e. The van der Waals surface area contributed by atoms with Gasteiger partial charge in [-0.1, -0.05) is 6.58 Å². The van der Waals surface area contributed by atoms with Crippen LogP contribution in [0, 0.1) is 0 Å². The zero-order valence-corrected chi connectivity index (χ0v) is 6.89. The molecule has 0 heterocycles. The highest BCUT2D eigenvalue weighted by molar-refractivity contribution is 5.86. The third-order valence-electron chi connectivity index (χ3n) is 1.26. The molecule has 0 fully saturated rings. The van der Waals surface area contributed by atoms with Crippen molar-refractivity contribution in [3.05, 3.63) is 12.2 Å². The van der Waals surface area contributed by atoms with Crippen LogP contribution >= 0.6 is 0 Å². The molecule has 0 unspecified atom stereocenters. The van der Waals surface area contributed by atoms with E-state index in [-0.39, 0.29) is 12.1 Å². The van der Waals surface area contributed by atoms with Gasteiger partial charge in [-0.05, 0) is 0 Å². The van der Waals surface area contributed by atoms with Crippen molar-refractivity contribution in [3.8, 4) is 0 Å². The van der Waals surface area contributed by atoms with Crippen LogP contribution < -0.4 is 5.32 Å². The second-order valence-corrected chi connectivity index (χ2v) is 2.53. The first-order chi connectivity index (χ1) is 5.89. The second kappa shape index (κ2) is 4.88. The van der Waals surface area contributed by atoms with Gasteiger partial charge in [0.05, 0.1) is 6.54 Å². The van der Waals surface area contributed by atoms with E-state index >= 15 is 0 Å². The number of rotatable bonds is 6. The number of carbonyl (C=O) groups is 1. The zero-order valence-electron chi connectivity index (χ0n) is 6.89. The maximum atomic E-state index is 12.3. The molecule has 0 aromatic rings. The number of aliphatic hydroxyl groups is 1. The van der Waals surface area contributed by atoms with Crippen molar-refractivity contribution in [1.29, 1.82) is 0 Å². The molecule has 0 bridgehead atoms. The smallest absolute Gasteiger partial charge is 0.332 e. The van der Waals surface area contributed by atoms with Crippen LogP contribution in [0.25, 0.3) is 0 Å². The quantitative estimate of drug-likeness (QED) is 0.515. The molecular weight excluding hydrogens is 184 g/mol. The summed E-state index contributed by atoms with van der Waals surface area (Å²) in [4.78, 5) is 10.1. The maximum Gasteiger partial charge on any atom is 0.332 e. The Morgan fingerprint density at radius 2 is 2.08 bits per heavy atom. The van der Waals surface area contributed by atoms with Crippen LogP contribution in [0.4, 0.5) is 8.78 Å². The number of halogens is 2. The number of nitrogens with one attached hydrogen (secondary N) is 1. The molecule has 76 valence electrons. The average Bonchev–Trinajstić information content (AvgIpc) is 2.04. The third kappa shape index (κ3) is 5.26. The summed E-state index contributed by atoms with van der Waals surface area (Å²) in [5, 5.41) is 18.6. The number of hydrogen-bond acceptors (Lipinski definition) is 3. The highest BCUT2D eigenvalue weighted by Gasteiger charge is 2.26. The van der Waals surface area contributed by atoms with Crippen LogP contribution in [-0.2, 0) is 4.79 Å². The Hall–Kier alpha value is -1.01. The van der Waals surface area contributed by atoms with E-state index in [1.54, 1.807) is 0 Å². The number of carboxylic acid groups (broad SMARTS) is 1. The Bertz CT molecular complexity index is 206. The fourth-order valence-electron chi connectivity index (χ4n) is 0.528. The summed E-state index contributed by atoms with van der Waals surface area (Å²) in [5.74, 6) is -4.46. The predicted molar refractivity (Wildman–Crippen MR) is 41.7 cm³/mol. The predicted octanol–water partition coefficient (Wildman–Crippen LogP) is -0.156. The largest absolute Gasteiger partial charge is 0.478 e. The van der Waals surface area contributed by atoms with Crippen LogP contribution in [0.5, 0.6) is 0 Å². The maximum absolute atomic E-state index is 12.3. The SMILES string of the molecule is C=C(CNCC(F)(F)CO)C(=O)O. The number of carboxylic acids is 1. The van der Waals surface area contributed by atoms with Gasteiger partial charge in [0.1, 0.15) is 6.61 Å². The normalized spacial score (nSPS) is 11.3. The summed E-state index contributed by atoms with van der Waals surface area (Å²) >= 11 is 0. The molecule has 0 aliphatic rings. The second-order valence-electron chi connectivity index (χ2n) is 2.53. The molecule has 0 aliphatic carbocycles. The Balaban J connectivity index is 3.68. The van der Waals surface area contributed by atoms with Crippen molar-refractivity contribution < 1.29 is 23.8 Å². The Kier molecular flexibility index (Phi) is 4.50. The van der Waals surface area contributed by atoms with Crippen molar-refractivity contribution in [2.45, 2.75) is 5.92 Å². The van der Waals surface area contributed by atoms with Gasteiger partial charge in [-0.25, -0.2) is 13.6 Å². The highest BCUT2D eigenvalue weighted by Crippen LogP contribution is 2.09. The van der Waals surface area contributed by atoms with Crippen molar-refractivity contribution in [3.63, 3.8) is 0 Å². The first-order valence-corrected chi connectivity index (χ1v) is 3.49.